The Morgan fingerprint density at radius 1 is 1.04 bits per heavy atom. The number of fused-ring (bicyclic) bond motifs is 1. The summed E-state index contributed by atoms with van der Waals surface area (Å²) in [5.74, 6) is -2.76. The highest BCUT2D eigenvalue weighted by Crippen LogP contribution is 2.36. The van der Waals surface area contributed by atoms with Crippen LogP contribution in [0.15, 0.2) is 23.1 Å². The van der Waals surface area contributed by atoms with E-state index < -0.39 is 28.8 Å². The minimum atomic E-state index is -3.73. The first kappa shape index (κ1) is 19.1. The molecule has 1 aromatic rings. The lowest BCUT2D eigenvalue weighted by Gasteiger charge is -2.37. The Kier molecular flexibility index (Phi) is 4.93. The van der Waals surface area contributed by atoms with Gasteiger partial charge in [0, 0.05) is 44.2 Å². The summed E-state index contributed by atoms with van der Waals surface area (Å²) in [5, 5.41) is 0. The van der Waals surface area contributed by atoms with Crippen LogP contribution in [0.2, 0.25) is 0 Å². The zero-order valence-electron chi connectivity index (χ0n) is 15.7. The van der Waals surface area contributed by atoms with Crippen LogP contribution >= 0.6 is 0 Å². The maximum Gasteiger partial charge on any atom is 0.250 e. The van der Waals surface area contributed by atoms with Crippen LogP contribution < -0.4 is 4.90 Å². The molecule has 0 unspecified atom stereocenters. The van der Waals surface area contributed by atoms with E-state index in [4.69, 9.17) is 0 Å². The molecule has 3 heterocycles. The molecule has 27 heavy (non-hydrogen) atoms. The smallest absolute Gasteiger partial charge is 0.250 e. The third-order valence-electron chi connectivity index (χ3n) is 6.21. The van der Waals surface area contributed by atoms with Crippen molar-refractivity contribution in [3.05, 3.63) is 23.8 Å². The maximum atomic E-state index is 13.4. The summed E-state index contributed by atoms with van der Waals surface area (Å²) in [6, 6.07) is 5.74. The third kappa shape index (κ3) is 3.71. The van der Waals surface area contributed by atoms with E-state index >= 15 is 0 Å². The number of likely N-dealkylation sites (tertiary alicyclic amines) is 1. The van der Waals surface area contributed by atoms with Crippen LogP contribution in [0.3, 0.4) is 0 Å². The topological polar surface area (TPSA) is 43.9 Å². The van der Waals surface area contributed by atoms with Crippen molar-refractivity contribution < 1.29 is 17.2 Å². The van der Waals surface area contributed by atoms with Gasteiger partial charge in [-0.15, -0.1) is 0 Å². The normalized spacial score (nSPS) is 24.9. The quantitative estimate of drug-likeness (QED) is 0.784. The van der Waals surface area contributed by atoms with Crippen molar-refractivity contribution in [1.29, 1.82) is 0 Å². The molecule has 2 fully saturated rings. The van der Waals surface area contributed by atoms with Crippen LogP contribution in [0.1, 0.15) is 31.2 Å². The summed E-state index contributed by atoms with van der Waals surface area (Å²) in [5.41, 5.74) is 2.19. The number of hydrogen-bond acceptors (Lipinski definition) is 4. The number of benzene rings is 1. The summed E-state index contributed by atoms with van der Waals surface area (Å²) in [6.07, 6.45) is 2.28. The van der Waals surface area contributed by atoms with Gasteiger partial charge in [0.1, 0.15) is 0 Å². The molecule has 0 aliphatic carbocycles. The Morgan fingerprint density at radius 3 is 2.37 bits per heavy atom. The number of hydrogen-bond donors (Lipinski definition) is 0. The lowest BCUT2D eigenvalue weighted by Crippen LogP contribution is -2.43. The lowest BCUT2D eigenvalue weighted by atomic mass is 10.0. The molecule has 0 spiro atoms. The van der Waals surface area contributed by atoms with Gasteiger partial charge in [-0.2, -0.15) is 4.31 Å². The molecule has 3 aliphatic heterocycles. The van der Waals surface area contributed by atoms with Crippen LogP contribution in [0.4, 0.5) is 14.5 Å². The monoisotopic (exact) mass is 399 g/mol. The van der Waals surface area contributed by atoms with Crippen molar-refractivity contribution >= 4 is 15.7 Å². The van der Waals surface area contributed by atoms with Crippen LogP contribution in [-0.2, 0) is 16.4 Å². The molecule has 0 N–H and O–H groups in total. The third-order valence-corrected chi connectivity index (χ3v) is 8.10. The maximum absolute atomic E-state index is 13.4. The summed E-state index contributed by atoms with van der Waals surface area (Å²) < 4.78 is 54.0. The summed E-state index contributed by atoms with van der Waals surface area (Å²) >= 11 is 0. The Balaban J connectivity index is 1.56. The van der Waals surface area contributed by atoms with Crippen molar-refractivity contribution in [3.63, 3.8) is 0 Å². The Bertz CT molecular complexity index is 797. The molecular weight excluding hydrogens is 372 g/mol. The number of rotatable bonds is 3. The molecule has 0 atom stereocenters. The van der Waals surface area contributed by atoms with Gasteiger partial charge in [0.2, 0.25) is 10.0 Å². The molecule has 0 bridgehead atoms. The number of alkyl halides is 2. The largest absolute Gasteiger partial charge is 0.368 e. The van der Waals surface area contributed by atoms with E-state index in [2.05, 4.69) is 16.8 Å². The zero-order chi connectivity index (χ0) is 19.2. The Hall–Kier alpha value is -1.25. The molecule has 0 aromatic heterocycles. The van der Waals surface area contributed by atoms with E-state index in [1.807, 2.05) is 6.07 Å². The van der Waals surface area contributed by atoms with Gasteiger partial charge in [-0.05, 0) is 57.1 Å². The van der Waals surface area contributed by atoms with Gasteiger partial charge in [-0.1, -0.05) is 6.07 Å². The van der Waals surface area contributed by atoms with Gasteiger partial charge in [0.05, 0.1) is 4.90 Å². The van der Waals surface area contributed by atoms with Gasteiger partial charge in [-0.3, -0.25) is 0 Å². The van der Waals surface area contributed by atoms with Crippen molar-refractivity contribution in [2.24, 2.45) is 0 Å². The molecule has 1 aromatic carbocycles. The van der Waals surface area contributed by atoms with Crippen LogP contribution in [-0.4, -0.2) is 69.4 Å². The zero-order valence-corrected chi connectivity index (χ0v) is 16.5. The van der Waals surface area contributed by atoms with Crippen LogP contribution in [0.5, 0.6) is 0 Å². The first-order chi connectivity index (χ1) is 12.8. The first-order valence-electron chi connectivity index (χ1n) is 9.72. The second kappa shape index (κ2) is 6.97. The lowest BCUT2D eigenvalue weighted by molar-refractivity contribution is -0.0412. The van der Waals surface area contributed by atoms with Crippen molar-refractivity contribution in [2.45, 2.75) is 49.0 Å². The minimum absolute atomic E-state index is 0.120. The molecule has 0 amide bonds. The SMILES string of the molecule is CN1CCC(N2CCc3ccc(S(=O)(=O)N4CCC(F)(F)CC4)cc32)CC1. The van der Waals surface area contributed by atoms with Gasteiger partial charge in [0.25, 0.3) is 5.92 Å². The molecule has 150 valence electrons. The van der Waals surface area contributed by atoms with Gasteiger partial charge in [0.15, 0.2) is 0 Å². The highest BCUT2D eigenvalue weighted by atomic mass is 32.2. The number of sulfonamides is 1. The van der Waals surface area contributed by atoms with Crippen LogP contribution in [0.25, 0.3) is 0 Å². The van der Waals surface area contributed by atoms with E-state index in [0.717, 1.165) is 44.6 Å². The molecule has 4 rings (SSSR count). The van der Waals surface area contributed by atoms with Crippen molar-refractivity contribution in [3.8, 4) is 0 Å². The highest BCUT2D eigenvalue weighted by Gasteiger charge is 2.39. The number of nitrogens with zero attached hydrogens (tertiary/aromatic N) is 3. The number of anilines is 1. The molecule has 2 saturated heterocycles. The van der Waals surface area contributed by atoms with E-state index in [1.54, 1.807) is 12.1 Å². The predicted molar refractivity (Wildman–Crippen MR) is 101 cm³/mol. The van der Waals surface area contributed by atoms with E-state index in [1.165, 1.54) is 9.87 Å². The molecule has 8 heteroatoms. The Morgan fingerprint density at radius 2 is 1.70 bits per heavy atom. The van der Waals surface area contributed by atoms with Crippen molar-refractivity contribution in [2.75, 3.05) is 44.7 Å². The molecule has 3 aliphatic rings. The molecule has 5 nitrogen and oxygen atoms in total. The van der Waals surface area contributed by atoms with Crippen molar-refractivity contribution in [1.82, 2.24) is 9.21 Å². The summed E-state index contributed by atoms with van der Waals surface area (Å²) in [4.78, 5) is 4.90. The van der Waals surface area contributed by atoms with Gasteiger partial charge in [-0.25, -0.2) is 17.2 Å². The van der Waals surface area contributed by atoms with E-state index in [9.17, 15) is 17.2 Å². The molecule has 0 saturated carbocycles. The predicted octanol–water partition coefficient (Wildman–Crippen LogP) is 2.56. The summed E-state index contributed by atoms with van der Waals surface area (Å²) in [6.45, 7) is 2.78. The highest BCUT2D eigenvalue weighted by molar-refractivity contribution is 7.89. The second-order valence-corrected chi connectivity index (χ2v) is 9.97. The molecule has 0 radical (unpaired) electrons. The second-order valence-electron chi connectivity index (χ2n) is 8.03. The molecular formula is C19H27F2N3O2S. The Labute approximate surface area is 160 Å². The fourth-order valence-corrected chi connectivity index (χ4v) is 5.89. The first-order valence-corrected chi connectivity index (χ1v) is 11.2. The van der Waals surface area contributed by atoms with Gasteiger partial charge < -0.3 is 9.80 Å². The summed E-state index contributed by atoms with van der Waals surface area (Å²) in [7, 11) is -1.61. The van der Waals surface area contributed by atoms with Gasteiger partial charge >= 0.3 is 0 Å². The average Bonchev–Trinajstić information content (AvgIpc) is 3.05. The number of piperidine rings is 2. The fourth-order valence-electron chi connectivity index (χ4n) is 4.43. The average molecular weight is 400 g/mol. The van der Waals surface area contributed by atoms with E-state index in [0.29, 0.717) is 6.04 Å². The van der Waals surface area contributed by atoms with Crippen LogP contribution in [0, 0.1) is 0 Å². The minimum Gasteiger partial charge on any atom is -0.368 e. The fraction of sp³-hybridized carbons (Fsp3) is 0.684. The van der Waals surface area contributed by atoms with E-state index in [-0.39, 0.29) is 18.0 Å². The number of halogens is 2. The standard InChI is InChI=1S/C19H27F2N3O2S/c1-22-9-5-16(6-10-22)24-11-4-15-2-3-17(14-18(15)24)27(25,26)23-12-7-19(20,21)8-13-23/h2-3,14,16H,4-13H2,1H3.